The fourth-order valence-corrected chi connectivity index (χ4v) is 5.08. The summed E-state index contributed by atoms with van der Waals surface area (Å²) in [5, 5.41) is 3.21. The van der Waals surface area contributed by atoms with E-state index in [1.54, 1.807) is 19.1 Å². The van der Waals surface area contributed by atoms with Crippen molar-refractivity contribution in [2.75, 3.05) is 18.9 Å². The standard InChI is InChI=1S/C21H25ClN2O5S/c1-13-8-9-14(21(25)23-15-6-4-5-7-15)10-20(13)30(26,27)24-17-11-16(22)18(28-2)12-19(17)29-3/h8-12,15,24H,4-7H2,1-3H3,(H,23,25). The average molecular weight is 453 g/mol. The maximum absolute atomic E-state index is 13.1. The number of aryl methyl sites for hydroxylation is 1. The number of carbonyl (C=O) groups excluding carboxylic acids is 1. The minimum atomic E-state index is -4.01. The maximum Gasteiger partial charge on any atom is 0.262 e. The number of ether oxygens (including phenoxy) is 2. The van der Waals surface area contributed by atoms with E-state index < -0.39 is 10.0 Å². The molecular formula is C21H25ClN2O5S. The molecule has 2 aromatic carbocycles. The number of anilines is 1. The Morgan fingerprint density at radius 1 is 1.07 bits per heavy atom. The van der Waals surface area contributed by atoms with Crippen molar-refractivity contribution in [3.63, 3.8) is 0 Å². The van der Waals surface area contributed by atoms with Crippen LogP contribution in [-0.4, -0.2) is 34.6 Å². The minimum Gasteiger partial charge on any atom is -0.495 e. The van der Waals surface area contributed by atoms with Crippen LogP contribution in [0.25, 0.3) is 0 Å². The van der Waals surface area contributed by atoms with E-state index in [9.17, 15) is 13.2 Å². The number of nitrogens with one attached hydrogen (secondary N) is 2. The van der Waals surface area contributed by atoms with Crippen LogP contribution in [0.1, 0.15) is 41.6 Å². The Balaban J connectivity index is 1.90. The van der Waals surface area contributed by atoms with Gasteiger partial charge in [-0.2, -0.15) is 0 Å². The van der Waals surface area contributed by atoms with E-state index in [4.69, 9.17) is 21.1 Å². The number of benzene rings is 2. The van der Waals surface area contributed by atoms with Crippen molar-refractivity contribution >= 4 is 33.2 Å². The van der Waals surface area contributed by atoms with Crippen molar-refractivity contribution < 1.29 is 22.7 Å². The Morgan fingerprint density at radius 2 is 1.73 bits per heavy atom. The van der Waals surface area contributed by atoms with Crippen LogP contribution < -0.4 is 19.5 Å². The van der Waals surface area contributed by atoms with Crippen molar-refractivity contribution in [2.45, 2.75) is 43.5 Å². The second-order valence-electron chi connectivity index (χ2n) is 7.23. The summed E-state index contributed by atoms with van der Waals surface area (Å²) in [6.07, 6.45) is 4.08. The van der Waals surface area contributed by atoms with Crippen LogP contribution in [0.15, 0.2) is 35.2 Å². The molecule has 0 aliphatic heterocycles. The lowest BCUT2D eigenvalue weighted by molar-refractivity contribution is 0.0937. The Kier molecular flexibility index (Phi) is 6.77. The molecule has 0 saturated heterocycles. The van der Waals surface area contributed by atoms with E-state index in [-0.39, 0.29) is 33.3 Å². The first kappa shape index (κ1) is 22.2. The highest BCUT2D eigenvalue weighted by atomic mass is 35.5. The van der Waals surface area contributed by atoms with Crippen LogP contribution in [0.4, 0.5) is 5.69 Å². The number of rotatable bonds is 7. The first-order valence-electron chi connectivity index (χ1n) is 9.61. The molecule has 1 aliphatic rings. The van der Waals surface area contributed by atoms with Gasteiger partial charge in [0.2, 0.25) is 0 Å². The summed E-state index contributed by atoms with van der Waals surface area (Å²) in [5.74, 6) is 0.342. The largest absolute Gasteiger partial charge is 0.495 e. The lowest BCUT2D eigenvalue weighted by Crippen LogP contribution is -2.32. The zero-order valence-electron chi connectivity index (χ0n) is 17.1. The third-order valence-electron chi connectivity index (χ3n) is 5.15. The molecule has 1 amide bonds. The Bertz CT molecular complexity index is 1050. The van der Waals surface area contributed by atoms with Gasteiger partial charge in [0.05, 0.1) is 29.8 Å². The number of amides is 1. The third kappa shape index (κ3) is 4.82. The van der Waals surface area contributed by atoms with Gasteiger partial charge in [0.15, 0.2) is 0 Å². The second kappa shape index (κ2) is 9.14. The first-order valence-corrected chi connectivity index (χ1v) is 11.5. The Hall–Kier alpha value is -2.45. The Labute approximate surface area is 181 Å². The number of methoxy groups -OCH3 is 2. The highest BCUT2D eigenvalue weighted by Gasteiger charge is 2.23. The van der Waals surface area contributed by atoms with Crippen LogP contribution in [0.2, 0.25) is 5.02 Å². The van der Waals surface area contributed by atoms with Crippen LogP contribution in [0, 0.1) is 6.92 Å². The van der Waals surface area contributed by atoms with E-state index in [1.165, 1.54) is 32.4 Å². The molecule has 1 fully saturated rings. The molecule has 7 nitrogen and oxygen atoms in total. The zero-order chi connectivity index (χ0) is 21.9. The maximum atomic E-state index is 13.1. The topological polar surface area (TPSA) is 93.7 Å². The molecule has 0 aromatic heterocycles. The van der Waals surface area contributed by atoms with E-state index in [2.05, 4.69) is 10.0 Å². The molecule has 0 heterocycles. The van der Waals surface area contributed by atoms with Gasteiger partial charge in [0.1, 0.15) is 11.5 Å². The van der Waals surface area contributed by atoms with Crippen LogP contribution in [-0.2, 0) is 10.0 Å². The summed E-state index contributed by atoms with van der Waals surface area (Å²) in [6, 6.07) is 7.70. The van der Waals surface area contributed by atoms with E-state index >= 15 is 0 Å². The zero-order valence-corrected chi connectivity index (χ0v) is 18.7. The molecule has 30 heavy (non-hydrogen) atoms. The Morgan fingerprint density at radius 3 is 2.37 bits per heavy atom. The number of carbonyl (C=O) groups is 1. The minimum absolute atomic E-state index is 0.00978. The number of halogens is 1. The number of hydrogen-bond donors (Lipinski definition) is 2. The summed E-state index contributed by atoms with van der Waals surface area (Å²) < 4.78 is 39.1. The summed E-state index contributed by atoms with van der Waals surface area (Å²) in [6.45, 7) is 1.67. The van der Waals surface area contributed by atoms with Crippen LogP contribution in [0.5, 0.6) is 11.5 Å². The van der Waals surface area contributed by atoms with Gasteiger partial charge in [0.25, 0.3) is 15.9 Å². The summed E-state index contributed by atoms with van der Waals surface area (Å²) >= 11 is 6.14. The van der Waals surface area contributed by atoms with Crippen LogP contribution in [0.3, 0.4) is 0 Å². The van der Waals surface area contributed by atoms with Gasteiger partial charge < -0.3 is 14.8 Å². The molecule has 0 atom stereocenters. The molecule has 1 saturated carbocycles. The van der Waals surface area contributed by atoms with Gasteiger partial charge in [-0.3, -0.25) is 9.52 Å². The highest BCUT2D eigenvalue weighted by Crippen LogP contribution is 2.37. The molecule has 0 radical (unpaired) electrons. The molecule has 3 rings (SSSR count). The monoisotopic (exact) mass is 452 g/mol. The predicted molar refractivity (Wildman–Crippen MR) is 116 cm³/mol. The third-order valence-corrected chi connectivity index (χ3v) is 6.95. The van der Waals surface area contributed by atoms with Gasteiger partial charge in [-0.25, -0.2) is 8.42 Å². The molecule has 162 valence electrons. The summed E-state index contributed by atoms with van der Waals surface area (Å²) in [5.41, 5.74) is 0.981. The van der Waals surface area contributed by atoms with Gasteiger partial charge in [0, 0.05) is 17.7 Å². The number of sulfonamides is 1. The molecule has 0 spiro atoms. The van der Waals surface area contributed by atoms with E-state index in [1.807, 2.05) is 0 Å². The van der Waals surface area contributed by atoms with Crippen molar-refractivity contribution in [3.05, 3.63) is 46.5 Å². The normalized spacial score (nSPS) is 14.4. The van der Waals surface area contributed by atoms with Gasteiger partial charge in [-0.15, -0.1) is 0 Å². The SMILES string of the molecule is COc1cc(OC)c(NS(=O)(=O)c2cc(C(=O)NC3CCCC3)ccc2C)cc1Cl. The fourth-order valence-electron chi connectivity index (χ4n) is 3.51. The second-order valence-corrected chi connectivity index (χ2v) is 9.29. The lowest BCUT2D eigenvalue weighted by Gasteiger charge is -2.16. The van der Waals surface area contributed by atoms with Gasteiger partial charge in [-0.1, -0.05) is 30.5 Å². The van der Waals surface area contributed by atoms with Gasteiger partial charge >= 0.3 is 0 Å². The number of hydrogen-bond acceptors (Lipinski definition) is 5. The van der Waals surface area contributed by atoms with Crippen molar-refractivity contribution in [1.82, 2.24) is 5.32 Å². The predicted octanol–water partition coefficient (Wildman–Crippen LogP) is 4.14. The quantitative estimate of drug-likeness (QED) is 0.658. The first-order chi connectivity index (χ1) is 14.2. The molecule has 0 unspecified atom stereocenters. The fraction of sp³-hybridized carbons (Fsp3) is 0.381. The lowest BCUT2D eigenvalue weighted by atomic mass is 10.1. The summed E-state index contributed by atoms with van der Waals surface area (Å²) in [7, 11) is -1.13. The van der Waals surface area contributed by atoms with Crippen molar-refractivity contribution in [3.8, 4) is 11.5 Å². The van der Waals surface area contributed by atoms with E-state index in [0.29, 0.717) is 16.9 Å². The van der Waals surface area contributed by atoms with Crippen LogP contribution >= 0.6 is 11.6 Å². The average Bonchev–Trinajstić information content (AvgIpc) is 3.21. The van der Waals surface area contributed by atoms with E-state index in [0.717, 1.165) is 25.7 Å². The van der Waals surface area contributed by atoms with Gasteiger partial charge in [-0.05, 0) is 43.5 Å². The molecule has 2 aromatic rings. The molecule has 9 heteroatoms. The van der Waals surface area contributed by atoms with Crippen molar-refractivity contribution in [1.29, 1.82) is 0 Å². The molecular weight excluding hydrogens is 428 g/mol. The van der Waals surface area contributed by atoms with Crippen molar-refractivity contribution in [2.24, 2.45) is 0 Å². The molecule has 0 bridgehead atoms. The molecule has 2 N–H and O–H groups in total. The highest BCUT2D eigenvalue weighted by molar-refractivity contribution is 7.92. The summed E-state index contributed by atoms with van der Waals surface area (Å²) in [4.78, 5) is 12.6. The molecule has 1 aliphatic carbocycles. The smallest absolute Gasteiger partial charge is 0.262 e.